The minimum Gasteiger partial charge on any atom is -0.490 e. The number of carbonyl (C=O) groups is 2. The fourth-order valence-electron chi connectivity index (χ4n) is 5.80. The van der Waals surface area contributed by atoms with E-state index in [1.54, 1.807) is 18.0 Å². The van der Waals surface area contributed by atoms with Crippen LogP contribution in [0.15, 0.2) is 65.8 Å². The van der Waals surface area contributed by atoms with E-state index < -0.39 is 55.0 Å². The van der Waals surface area contributed by atoms with Crippen molar-refractivity contribution in [1.29, 1.82) is 0 Å². The first kappa shape index (κ1) is 38.9. The summed E-state index contributed by atoms with van der Waals surface area (Å²) in [5.41, 5.74) is 8.84. The Bertz CT molecular complexity index is 1640. The molecular formula is C37H46ClN3O9S. The number of thioether (sulfide) groups is 1. The van der Waals surface area contributed by atoms with E-state index in [9.17, 15) is 30.0 Å². The number of ether oxygens (including phenoxy) is 2. The van der Waals surface area contributed by atoms with E-state index >= 15 is 0 Å². The zero-order valence-corrected chi connectivity index (χ0v) is 29.8. The molecule has 1 heterocycles. The molecule has 2 aliphatic rings. The van der Waals surface area contributed by atoms with Gasteiger partial charge in [0.1, 0.15) is 24.1 Å². The molecule has 1 aromatic heterocycles. The third-order valence-electron chi connectivity index (χ3n) is 9.04. The van der Waals surface area contributed by atoms with Gasteiger partial charge in [-0.05, 0) is 85.7 Å². The number of unbranched alkanes of at least 4 members (excludes halogenated alkanes) is 2. The van der Waals surface area contributed by atoms with Crippen LogP contribution in [0.4, 0.5) is 0 Å². The lowest BCUT2D eigenvalue weighted by Crippen LogP contribution is -2.53. The van der Waals surface area contributed by atoms with Crippen molar-refractivity contribution in [2.24, 2.45) is 5.73 Å². The lowest BCUT2D eigenvalue weighted by molar-refractivity contribution is -0.159. The number of primary amides is 1. The summed E-state index contributed by atoms with van der Waals surface area (Å²) in [5, 5.41) is 49.3. The maximum absolute atomic E-state index is 12.8. The maximum Gasteiger partial charge on any atom is 0.254 e. The second kappa shape index (κ2) is 18.0. The molecule has 0 aliphatic heterocycles. The minimum atomic E-state index is -2.12. The first-order chi connectivity index (χ1) is 24.5. The number of aromatic nitrogens is 1. The van der Waals surface area contributed by atoms with Crippen molar-refractivity contribution in [1.82, 2.24) is 9.88 Å². The number of nitrogens with two attached hydrogens (primary N) is 1. The molecule has 2 amide bonds. The molecule has 4 atom stereocenters. The minimum absolute atomic E-state index is 0.0802. The highest BCUT2D eigenvalue weighted by molar-refractivity contribution is 7.99. The summed E-state index contributed by atoms with van der Waals surface area (Å²) < 4.78 is 12.8. The number of amides is 2. The van der Waals surface area contributed by atoms with E-state index in [0.29, 0.717) is 24.5 Å². The highest BCUT2D eigenvalue weighted by atomic mass is 35.5. The van der Waals surface area contributed by atoms with Crippen LogP contribution in [0.3, 0.4) is 0 Å². The van der Waals surface area contributed by atoms with Crippen LogP contribution >= 0.6 is 23.4 Å². The Balaban J connectivity index is 1.12. The Morgan fingerprint density at radius 2 is 1.78 bits per heavy atom. The number of rotatable bonds is 21. The quantitative estimate of drug-likeness (QED) is 0.0693. The van der Waals surface area contributed by atoms with Gasteiger partial charge in [0.05, 0.1) is 31.5 Å². The number of para-hydroxylation sites is 1. The van der Waals surface area contributed by atoms with E-state index in [1.807, 2.05) is 48.7 Å². The molecule has 276 valence electrons. The summed E-state index contributed by atoms with van der Waals surface area (Å²) in [7, 11) is 0. The zero-order chi connectivity index (χ0) is 36.5. The van der Waals surface area contributed by atoms with E-state index in [0.717, 1.165) is 75.7 Å². The molecule has 12 nitrogen and oxygen atoms in total. The average molecular weight is 744 g/mol. The van der Waals surface area contributed by atoms with Gasteiger partial charge in [-0.2, -0.15) is 0 Å². The lowest BCUT2D eigenvalue weighted by atomic mass is 9.96. The van der Waals surface area contributed by atoms with Gasteiger partial charge in [-0.1, -0.05) is 36.2 Å². The molecule has 3 aromatic rings. The number of aliphatic hydroxyl groups is 5. The summed E-state index contributed by atoms with van der Waals surface area (Å²) in [6.45, 7) is -0.955. The van der Waals surface area contributed by atoms with Gasteiger partial charge in [-0.15, -0.1) is 11.8 Å². The summed E-state index contributed by atoms with van der Waals surface area (Å²) in [6, 6.07) is 16.0. The van der Waals surface area contributed by atoms with Crippen molar-refractivity contribution in [2.75, 3.05) is 25.4 Å². The monoisotopic (exact) mass is 743 g/mol. The van der Waals surface area contributed by atoms with Crippen LogP contribution < -0.4 is 10.5 Å². The van der Waals surface area contributed by atoms with Crippen LogP contribution in [0.25, 0.3) is 11.1 Å². The van der Waals surface area contributed by atoms with Crippen molar-refractivity contribution in [3.63, 3.8) is 0 Å². The molecule has 7 N–H and O–H groups in total. The van der Waals surface area contributed by atoms with E-state index in [2.05, 4.69) is 11.1 Å². The molecule has 14 heteroatoms. The standard InChI is InChI=1S/C37H46ClN3O9S/c38-29-11-10-25(51-17-5-1-4-16-41(20-32(39)44)36(48)35(47)34(46)33(45)30(43)21-42)18-23(29)22-49-37(13-14-37)28-19-40-15-12-26(28)27-6-2-3-7-31(27)50-24-8-9-24/h2-3,6-7,10-12,15,18-19,24,30,33-35,42-43,45-47H,1,4-5,8-9,13-14,16-17,20-22H2,(H2,39,44)/t30-,33+,34-,35-/m0/s1. The summed E-state index contributed by atoms with van der Waals surface area (Å²) >= 11 is 8.27. The highest BCUT2D eigenvalue weighted by Gasteiger charge is 2.48. The smallest absolute Gasteiger partial charge is 0.254 e. The van der Waals surface area contributed by atoms with Gasteiger partial charge in [0.2, 0.25) is 5.91 Å². The van der Waals surface area contributed by atoms with Gasteiger partial charge in [0, 0.05) is 40.0 Å². The lowest BCUT2D eigenvalue weighted by Gasteiger charge is -2.29. The Morgan fingerprint density at radius 1 is 1.02 bits per heavy atom. The third-order valence-corrected chi connectivity index (χ3v) is 10.5. The number of hydrogen-bond donors (Lipinski definition) is 6. The zero-order valence-electron chi connectivity index (χ0n) is 28.3. The fourth-order valence-corrected chi connectivity index (χ4v) is 6.95. The molecular weight excluding hydrogens is 698 g/mol. The van der Waals surface area contributed by atoms with E-state index in [4.69, 9.17) is 31.9 Å². The molecule has 2 saturated carbocycles. The van der Waals surface area contributed by atoms with Crippen LogP contribution in [-0.2, 0) is 26.5 Å². The second-order valence-corrected chi connectivity index (χ2v) is 14.7. The topological polar surface area (TPSA) is 196 Å². The predicted molar refractivity (Wildman–Crippen MR) is 192 cm³/mol. The summed E-state index contributed by atoms with van der Waals surface area (Å²) in [4.78, 5) is 30.8. The molecule has 0 unspecified atom stereocenters. The molecule has 2 aliphatic carbocycles. The summed E-state index contributed by atoms with van der Waals surface area (Å²) in [5.74, 6) is -0.185. The molecule has 2 fully saturated rings. The Morgan fingerprint density at radius 3 is 2.49 bits per heavy atom. The van der Waals surface area contributed by atoms with Crippen LogP contribution in [0.1, 0.15) is 56.1 Å². The normalized spacial score (nSPS) is 17.3. The Hall–Kier alpha value is -3.27. The molecule has 0 bridgehead atoms. The third kappa shape index (κ3) is 10.4. The van der Waals surface area contributed by atoms with Gasteiger partial charge in [0.15, 0.2) is 6.10 Å². The second-order valence-electron chi connectivity index (χ2n) is 13.1. The van der Waals surface area contributed by atoms with Crippen LogP contribution in [0.5, 0.6) is 5.75 Å². The Kier molecular flexibility index (Phi) is 13.7. The average Bonchev–Trinajstić information content (AvgIpc) is 4.08. The van der Waals surface area contributed by atoms with Crippen LogP contribution in [0, 0.1) is 0 Å². The van der Waals surface area contributed by atoms with Gasteiger partial charge in [0.25, 0.3) is 5.91 Å². The molecule has 2 aromatic carbocycles. The van der Waals surface area contributed by atoms with E-state index in [-0.39, 0.29) is 12.6 Å². The van der Waals surface area contributed by atoms with Crippen molar-refractivity contribution in [3.8, 4) is 16.9 Å². The van der Waals surface area contributed by atoms with Crippen LogP contribution in [0.2, 0.25) is 5.02 Å². The number of carbonyl (C=O) groups excluding carboxylic acids is 2. The number of benzene rings is 2. The number of pyridine rings is 1. The SMILES string of the molecule is NC(=O)CN(CCCCCSc1ccc(Cl)c(COC2(c3cnccc3-c3ccccc3OC3CC3)CC2)c1)C(=O)[C@@H](O)[C@@H](O)[C@H](O)[C@@H](O)CO. The number of hydrogen-bond acceptors (Lipinski definition) is 11. The molecule has 5 rings (SSSR count). The van der Waals surface area contributed by atoms with E-state index in [1.165, 1.54) is 0 Å². The first-order valence-electron chi connectivity index (χ1n) is 17.2. The molecule has 51 heavy (non-hydrogen) atoms. The van der Waals surface area contributed by atoms with Crippen molar-refractivity contribution in [3.05, 3.63) is 77.1 Å². The maximum atomic E-state index is 12.8. The molecule has 0 radical (unpaired) electrons. The fraction of sp³-hybridized carbons (Fsp3) is 0.486. The van der Waals surface area contributed by atoms with Crippen molar-refractivity contribution < 1.29 is 44.6 Å². The number of halogens is 1. The highest BCUT2D eigenvalue weighted by Crippen LogP contribution is 2.53. The predicted octanol–water partition coefficient (Wildman–Crippen LogP) is 3.16. The summed E-state index contributed by atoms with van der Waals surface area (Å²) in [6.07, 6.45) is 1.92. The van der Waals surface area contributed by atoms with Gasteiger partial charge < -0.3 is 45.6 Å². The van der Waals surface area contributed by atoms with Crippen LogP contribution in [-0.4, -0.2) is 103 Å². The van der Waals surface area contributed by atoms with Gasteiger partial charge in [-0.3, -0.25) is 14.6 Å². The number of aliphatic hydroxyl groups excluding tert-OH is 5. The van der Waals surface area contributed by atoms with Gasteiger partial charge >= 0.3 is 0 Å². The van der Waals surface area contributed by atoms with Crippen molar-refractivity contribution in [2.45, 2.75) is 92.6 Å². The number of nitrogens with zero attached hydrogens (tertiary/aromatic N) is 2. The molecule has 0 saturated heterocycles. The largest absolute Gasteiger partial charge is 0.490 e. The Labute approximate surface area is 306 Å². The molecule has 0 spiro atoms. The van der Waals surface area contributed by atoms with Crippen molar-refractivity contribution >= 4 is 35.2 Å². The van der Waals surface area contributed by atoms with Gasteiger partial charge in [-0.25, -0.2) is 0 Å². The first-order valence-corrected chi connectivity index (χ1v) is 18.6.